The molecule has 0 saturated carbocycles. The summed E-state index contributed by atoms with van der Waals surface area (Å²) in [6.45, 7) is 13.3. The van der Waals surface area contributed by atoms with Gasteiger partial charge in [-0.25, -0.2) is 0 Å². The van der Waals surface area contributed by atoms with Crippen molar-refractivity contribution in [2.24, 2.45) is 0 Å². The maximum absolute atomic E-state index is 4.97. The second-order valence-electron chi connectivity index (χ2n) is 10.6. The highest BCUT2D eigenvalue weighted by Crippen LogP contribution is 2.45. The predicted molar refractivity (Wildman–Crippen MR) is 155 cm³/mol. The number of nitrogens with zero attached hydrogens (tertiary/aromatic N) is 2. The zero-order valence-electron chi connectivity index (χ0n) is 22.1. The lowest BCUT2D eigenvalue weighted by Gasteiger charge is -2.14. The second-order valence-corrected chi connectivity index (χ2v) is 11.6. The zero-order valence-corrected chi connectivity index (χ0v) is 22.9. The normalized spacial score (nSPS) is 13.0. The van der Waals surface area contributed by atoms with E-state index in [0.717, 1.165) is 11.4 Å². The third-order valence-corrected chi connectivity index (χ3v) is 9.07. The Morgan fingerprint density at radius 3 is 1.27 bits per heavy atom. The van der Waals surface area contributed by atoms with E-state index in [-0.39, 0.29) is 0 Å². The predicted octanol–water partition coefficient (Wildman–Crippen LogP) is 6.84. The van der Waals surface area contributed by atoms with Crippen molar-refractivity contribution < 1.29 is 0 Å². The summed E-state index contributed by atoms with van der Waals surface area (Å²) in [6.07, 6.45) is 3.86. The Kier molecular flexibility index (Phi) is 4.74. The summed E-state index contributed by atoms with van der Waals surface area (Å²) < 4.78 is 2.65. The first kappa shape index (κ1) is 22.4. The lowest BCUT2D eigenvalue weighted by Crippen LogP contribution is -2.07. The van der Waals surface area contributed by atoms with Gasteiger partial charge in [-0.15, -0.1) is 11.3 Å². The molecule has 180 valence electrons. The van der Waals surface area contributed by atoms with Gasteiger partial charge in [0.1, 0.15) is 0 Å². The van der Waals surface area contributed by atoms with Gasteiger partial charge in [0.25, 0.3) is 0 Å². The van der Waals surface area contributed by atoms with E-state index >= 15 is 0 Å². The molecule has 0 unspecified atom stereocenters. The second kappa shape index (κ2) is 7.84. The molecule has 3 heteroatoms. The molecular weight excluding hydrogens is 468 g/mol. The molecule has 7 rings (SSSR count). The number of aryl methyl sites for hydroxylation is 6. The van der Waals surface area contributed by atoms with E-state index in [9.17, 15) is 0 Å². The van der Waals surface area contributed by atoms with Crippen molar-refractivity contribution in [1.82, 2.24) is 9.97 Å². The fourth-order valence-electron chi connectivity index (χ4n) is 6.74. The lowest BCUT2D eigenvalue weighted by atomic mass is 9.91. The van der Waals surface area contributed by atoms with E-state index in [1.54, 1.807) is 0 Å². The minimum atomic E-state index is 1.08. The van der Waals surface area contributed by atoms with Gasteiger partial charge in [0.05, 0.1) is 11.4 Å². The Hall–Kier alpha value is -3.82. The van der Waals surface area contributed by atoms with Crippen LogP contribution in [0.25, 0.3) is 33.7 Å². The summed E-state index contributed by atoms with van der Waals surface area (Å²) in [4.78, 5) is 9.94. The molecule has 0 fully saturated rings. The monoisotopic (exact) mass is 496 g/mol. The van der Waals surface area contributed by atoms with Crippen molar-refractivity contribution in [3.8, 4) is 22.5 Å². The molecule has 0 spiro atoms. The highest BCUT2D eigenvalue weighted by atomic mass is 32.1. The topological polar surface area (TPSA) is 25.8 Å². The van der Waals surface area contributed by atoms with Crippen LogP contribution in [0.2, 0.25) is 0 Å². The van der Waals surface area contributed by atoms with Crippen LogP contribution in [0.5, 0.6) is 0 Å². The van der Waals surface area contributed by atoms with Gasteiger partial charge in [-0.2, -0.15) is 0 Å². The Bertz CT molecular complexity index is 1750. The first-order valence-electron chi connectivity index (χ1n) is 12.8. The Balaban J connectivity index is 1.70. The summed E-state index contributed by atoms with van der Waals surface area (Å²) in [5, 5.41) is 0. The van der Waals surface area contributed by atoms with Gasteiger partial charge in [0.15, 0.2) is 0 Å². The van der Waals surface area contributed by atoms with Crippen LogP contribution in [0.4, 0.5) is 0 Å². The van der Waals surface area contributed by atoms with Gasteiger partial charge in [-0.3, -0.25) is 9.97 Å². The fraction of sp³-hybridized carbons (Fsp3) is 0.176. The van der Waals surface area contributed by atoms with Gasteiger partial charge in [-0.1, -0.05) is 47.5 Å². The van der Waals surface area contributed by atoms with Crippen molar-refractivity contribution in [1.29, 1.82) is 0 Å². The maximum Gasteiger partial charge on any atom is 0.0802 e. The van der Waals surface area contributed by atoms with Gasteiger partial charge in [0, 0.05) is 54.9 Å². The average molecular weight is 497 g/mol. The summed E-state index contributed by atoms with van der Waals surface area (Å²) in [7, 11) is 0. The number of thiophene rings is 1. The van der Waals surface area contributed by atoms with Crippen molar-refractivity contribution in [2.45, 2.75) is 41.5 Å². The number of pyridine rings is 2. The van der Waals surface area contributed by atoms with Gasteiger partial charge >= 0.3 is 0 Å². The molecule has 0 amide bonds. The molecule has 0 saturated heterocycles. The van der Waals surface area contributed by atoms with Crippen molar-refractivity contribution in [3.63, 3.8) is 0 Å². The number of hydrogen-bond donors (Lipinski definition) is 0. The van der Waals surface area contributed by atoms with E-state index < -0.39 is 0 Å². The molecule has 5 aromatic rings. The molecule has 3 aromatic heterocycles. The quantitative estimate of drug-likeness (QED) is 0.262. The van der Waals surface area contributed by atoms with E-state index in [4.69, 9.17) is 9.97 Å². The van der Waals surface area contributed by atoms with Crippen LogP contribution >= 0.6 is 11.3 Å². The summed E-state index contributed by atoms with van der Waals surface area (Å²) >= 11 is 1.92. The average Bonchev–Trinajstić information content (AvgIpc) is 3.46. The van der Waals surface area contributed by atoms with Crippen LogP contribution < -0.4 is 9.06 Å². The Morgan fingerprint density at radius 1 is 0.514 bits per heavy atom. The fourth-order valence-corrected chi connectivity index (χ4v) is 8.17. The van der Waals surface area contributed by atoms with E-state index in [2.05, 4.69) is 90.1 Å². The smallest absolute Gasteiger partial charge is 0.0802 e. The van der Waals surface area contributed by atoms with Gasteiger partial charge in [0.2, 0.25) is 0 Å². The first-order valence-corrected chi connectivity index (χ1v) is 13.7. The molecule has 2 aromatic carbocycles. The van der Waals surface area contributed by atoms with E-state index in [1.165, 1.54) is 87.0 Å². The molecule has 37 heavy (non-hydrogen) atoms. The molecule has 0 bridgehead atoms. The minimum Gasteiger partial charge on any atom is -0.256 e. The van der Waals surface area contributed by atoms with Crippen LogP contribution in [-0.2, 0) is 0 Å². The van der Waals surface area contributed by atoms with E-state index in [1.807, 2.05) is 23.7 Å². The van der Waals surface area contributed by atoms with Gasteiger partial charge in [-0.05, 0) is 87.1 Å². The van der Waals surface area contributed by atoms with E-state index in [0.29, 0.717) is 0 Å². The van der Waals surface area contributed by atoms with Crippen LogP contribution in [0.1, 0.15) is 55.6 Å². The number of aromatic nitrogens is 2. The standard InChI is InChI=1S/C34H28N2S/c1-17-13-19(3)25(20(4)14-17)27-23-9-7-11-35-31(23)29-30-32-24(10-8-12-36-32)28(34(30)37-33(27)29)26-21(5)15-18(2)16-22(26)6/h7-16H,1-6H3. The highest BCUT2D eigenvalue weighted by molar-refractivity contribution is 7.09. The van der Waals surface area contributed by atoms with Crippen molar-refractivity contribution in [3.05, 3.63) is 126 Å². The summed E-state index contributed by atoms with van der Waals surface area (Å²) in [6, 6.07) is 17.8. The Labute approximate surface area is 221 Å². The first-order chi connectivity index (χ1) is 17.8. The molecule has 2 nitrogen and oxygen atoms in total. The molecule has 0 N–H and O–H groups in total. The molecule has 2 aliphatic rings. The van der Waals surface area contributed by atoms with Crippen LogP contribution in [0, 0.1) is 41.5 Å². The van der Waals surface area contributed by atoms with Crippen LogP contribution in [0.15, 0.2) is 60.9 Å². The number of rotatable bonds is 2. The van der Waals surface area contributed by atoms with Gasteiger partial charge < -0.3 is 0 Å². The van der Waals surface area contributed by atoms with Crippen LogP contribution in [-0.4, -0.2) is 9.97 Å². The number of hydrogen-bond acceptors (Lipinski definition) is 3. The molecule has 0 aliphatic heterocycles. The molecule has 3 heterocycles. The molecule has 2 aliphatic carbocycles. The zero-order chi connectivity index (χ0) is 25.6. The van der Waals surface area contributed by atoms with Crippen molar-refractivity contribution >= 4 is 22.5 Å². The summed E-state index contributed by atoms with van der Waals surface area (Å²) in [5.74, 6) is 0. The molecule has 0 atom stereocenters. The lowest BCUT2D eigenvalue weighted by molar-refractivity contribution is 1.28. The minimum absolute atomic E-state index is 1.08. The Morgan fingerprint density at radius 2 is 0.892 bits per heavy atom. The number of fused-ring (bicyclic) bond motifs is 7. The largest absolute Gasteiger partial charge is 0.256 e. The number of benzene rings is 2. The van der Waals surface area contributed by atoms with Crippen LogP contribution in [0.3, 0.4) is 0 Å². The molecule has 0 radical (unpaired) electrons. The van der Waals surface area contributed by atoms with Crippen molar-refractivity contribution in [2.75, 3.05) is 0 Å². The highest BCUT2D eigenvalue weighted by Gasteiger charge is 2.35. The SMILES string of the molecule is Cc1cc(C)c(C2=c3sc4c(c3-c3ncccc32)-c2ncccc2C=4c2c(C)cc(C)cc2C)c(C)c1. The third-order valence-electron chi connectivity index (χ3n) is 7.84. The molecular formula is C34H28N2S. The maximum atomic E-state index is 4.97. The third kappa shape index (κ3) is 3.04. The summed E-state index contributed by atoms with van der Waals surface area (Å²) in [5.41, 5.74) is 20.3.